The number of hydrogen-bond acceptors (Lipinski definition) is 2. The molecule has 0 heterocycles. The minimum atomic E-state index is -0.402. The van der Waals surface area contributed by atoms with Gasteiger partial charge < -0.3 is 5.32 Å². The molecule has 126 valence electrons. The molecule has 0 saturated carbocycles. The predicted octanol–water partition coefficient (Wildman–Crippen LogP) is 5.63. The van der Waals surface area contributed by atoms with Crippen LogP contribution in [0.25, 0.3) is 0 Å². The zero-order valence-electron chi connectivity index (χ0n) is 13.4. The molecule has 0 aliphatic rings. The molecule has 24 heavy (non-hydrogen) atoms. The molecule has 3 nitrogen and oxygen atoms in total. The Morgan fingerprint density at radius 1 is 1.17 bits per heavy atom. The number of para-hydroxylation sites is 1. The fourth-order valence-corrected chi connectivity index (χ4v) is 2.85. The van der Waals surface area contributed by atoms with E-state index in [1.54, 1.807) is 18.2 Å². The summed E-state index contributed by atoms with van der Waals surface area (Å²) in [6, 6.07) is 12.8. The predicted molar refractivity (Wildman–Crippen MR) is 105 cm³/mol. The fraction of sp³-hybridized carbons (Fsp3) is 0.222. The summed E-state index contributed by atoms with van der Waals surface area (Å²) in [6.45, 7) is 4.27. The number of rotatable bonds is 4. The van der Waals surface area contributed by atoms with Crippen LogP contribution in [-0.4, -0.2) is 11.0 Å². The van der Waals surface area contributed by atoms with E-state index in [2.05, 4.69) is 30.5 Å². The standard InChI is InChI=1S/C18H18Cl2N2OS/c1-3-11(2)12-7-4-5-10-15(12)21-18(24)22-17(23)13-8-6-9-14(19)16(13)20/h4-11H,3H2,1-2H3,(H2,21,22,23,24)/t11-/m1/s1. The minimum absolute atomic E-state index is 0.208. The van der Waals surface area contributed by atoms with E-state index in [1.165, 1.54) is 0 Å². The van der Waals surface area contributed by atoms with Gasteiger partial charge in [0.05, 0.1) is 15.6 Å². The van der Waals surface area contributed by atoms with E-state index in [1.807, 2.05) is 18.2 Å². The maximum absolute atomic E-state index is 12.3. The number of anilines is 1. The highest BCUT2D eigenvalue weighted by molar-refractivity contribution is 7.80. The second-order valence-corrected chi connectivity index (χ2v) is 6.60. The van der Waals surface area contributed by atoms with Crippen LogP contribution in [0, 0.1) is 0 Å². The lowest BCUT2D eigenvalue weighted by Gasteiger charge is -2.17. The average molecular weight is 381 g/mol. The molecule has 0 fully saturated rings. The number of benzene rings is 2. The minimum Gasteiger partial charge on any atom is -0.332 e. The van der Waals surface area contributed by atoms with Gasteiger partial charge in [0.25, 0.3) is 5.91 Å². The van der Waals surface area contributed by atoms with Gasteiger partial charge in [-0.2, -0.15) is 0 Å². The van der Waals surface area contributed by atoms with Gasteiger partial charge >= 0.3 is 0 Å². The average Bonchev–Trinajstić information content (AvgIpc) is 2.56. The molecule has 0 radical (unpaired) electrons. The van der Waals surface area contributed by atoms with Gasteiger partial charge in [0.1, 0.15) is 0 Å². The van der Waals surface area contributed by atoms with Crippen LogP contribution in [0.3, 0.4) is 0 Å². The molecule has 2 N–H and O–H groups in total. The van der Waals surface area contributed by atoms with Crippen LogP contribution >= 0.6 is 35.4 Å². The van der Waals surface area contributed by atoms with Crippen molar-refractivity contribution in [3.05, 3.63) is 63.6 Å². The Bertz CT molecular complexity index is 764. The maximum Gasteiger partial charge on any atom is 0.258 e. The lowest BCUT2D eigenvalue weighted by Crippen LogP contribution is -2.34. The van der Waals surface area contributed by atoms with E-state index < -0.39 is 5.91 Å². The second-order valence-electron chi connectivity index (χ2n) is 5.41. The van der Waals surface area contributed by atoms with E-state index in [4.69, 9.17) is 35.4 Å². The summed E-state index contributed by atoms with van der Waals surface area (Å²) in [5.74, 6) is -0.0180. The normalized spacial score (nSPS) is 11.7. The van der Waals surface area contributed by atoms with Crippen LogP contribution < -0.4 is 10.6 Å². The van der Waals surface area contributed by atoms with Crippen molar-refractivity contribution in [1.82, 2.24) is 5.32 Å². The largest absolute Gasteiger partial charge is 0.332 e. The topological polar surface area (TPSA) is 41.1 Å². The number of carbonyl (C=O) groups excluding carboxylic acids is 1. The van der Waals surface area contributed by atoms with Gasteiger partial charge in [0, 0.05) is 5.69 Å². The second kappa shape index (κ2) is 8.47. The first-order chi connectivity index (χ1) is 11.4. The maximum atomic E-state index is 12.3. The Morgan fingerprint density at radius 2 is 1.88 bits per heavy atom. The van der Waals surface area contributed by atoms with Crippen LogP contribution in [0.5, 0.6) is 0 Å². The number of nitrogens with one attached hydrogen (secondary N) is 2. The lowest BCUT2D eigenvalue weighted by atomic mass is 9.97. The zero-order chi connectivity index (χ0) is 17.7. The number of carbonyl (C=O) groups is 1. The summed E-state index contributed by atoms with van der Waals surface area (Å²) in [5.41, 5.74) is 2.32. The van der Waals surface area contributed by atoms with Crippen molar-refractivity contribution >= 4 is 52.1 Å². The summed E-state index contributed by atoms with van der Waals surface area (Å²) in [5, 5.41) is 6.47. The molecule has 2 aromatic carbocycles. The Balaban J connectivity index is 2.12. The van der Waals surface area contributed by atoms with Crippen LogP contribution in [0.2, 0.25) is 10.0 Å². The van der Waals surface area contributed by atoms with Crippen molar-refractivity contribution in [2.24, 2.45) is 0 Å². The Kier molecular flexibility index (Phi) is 6.60. The molecule has 0 bridgehead atoms. The van der Waals surface area contributed by atoms with Gasteiger partial charge in [-0.05, 0) is 48.3 Å². The van der Waals surface area contributed by atoms with Crippen LogP contribution in [0.15, 0.2) is 42.5 Å². The third kappa shape index (κ3) is 4.47. The van der Waals surface area contributed by atoms with Crippen LogP contribution in [-0.2, 0) is 0 Å². The molecule has 1 atom stereocenters. The van der Waals surface area contributed by atoms with Crippen LogP contribution in [0.4, 0.5) is 5.69 Å². The van der Waals surface area contributed by atoms with Crippen LogP contribution in [0.1, 0.15) is 42.1 Å². The highest BCUT2D eigenvalue weighted by atomic mass is 35.5. The molecule has 0 saturated heterocycles. The molecule has 2 aromatic rings. The van der Waals surface area contributed by atoms with Gasteiger partial charge in [-0.1, -0.05) is 61.3 Å². The first kappa shape index (κ1) is 18.7. The molecule has 6 heteroatoms. The van der Waals surface area contributed by atoms with Crippen molar-refractivity contribution in [1.29, 1.82) is 0 Å². The van der Waals surface area contributed by atoms with Gasteiger partial charge in [0.2, 0.25) is 0 Å². The summed E-state index contributed by atoms with van der Waals surface area (Å²) in [7, 11) is 0. The van der Waals surface area contributed by atoms with Crippen molar-refractivity contribution in [3.8, 4) is 0 Å². The number of amides is 1. The first-order valence-corrected chi connectivity index (χ1v) is 8.75. The van der Waals surface area contributed by atoms with Gasteiger partial charge in [0.15, 0.2) is 5.11 Å². The third-order valence-corrected chi connectivity index (χ3v) is 4.80. The van der Waals surface area contributed by atoms with Crippen molar-refractivity contribution in [2.75, 3.05) is 5.32 Å². The highest BCUT2D eigenvalue weighted by Gasteiger charge is 2.15. The lowest BCUT2D eigenvalue weighted by molar-refractivity contribution is 0.0978. The summed E-state index contributed by atoms with van der Waals surface area (Å²) >= 11 is 17.2. The molecular weight excluding hydrogens is 363 g/mol. The van der Waals surface area contributed by atoms with E-state index in [-0.39, 0.29) is 15.7 Å². The SMILES string of the molecule is CC[C@@H](C)c1ccccc1NC(=S)NC(=O)c1cccc(Cl)c1Cl. The molecule has 2 rings (SSSR count). The molecule has 0 spiro atoms. The van der Waals surface area contributed by atoms with Crippen molar-refractivity contribution in [2.45, 2.75) is 26.2 Å². The number of halogens is 2. The zero-order valence-corrected chi connectivity index (χ0v) is 15.7. The molecule has 0 unspecified atom stereocenters. The summed E-state index contributed by atoms with van der Waals surface area (Å²) < 4.78 is 0. The third-order valence-electron chi connectivity index (χ3n) is 3.78. The molecular formula is C18H18Cl2N2OS. The van der Waals surface area contributed by atoms with E-state index in [0.717, 1.165) is 17.7 Å². The number of thiocarbonyl (C=S) groups is 1. The van der Waals surface area contributed by atoms with E-state index >= 15 is 0 Å². The Hall–Kier alpha value is -1.62. The summed E-state index contributed by atoms with van der Waals surface area (Å²) in [4.78, 5) is 12.3. The van der Waals surface area contributed by atoms with Gasteiger partial charge in [-0.3, -0.25) is 10.1 Å². The summed E-state index contributed by atoms with van der Waals surface area (Å²) in [6.07, 6.45) is 1.01. The smallest absolute Gasteiger partial charge is 0.258 e. The van der Waals surface area contributed by atoms with Gasteiger partial charge in [-0.15, -0.1) is 0 Å². The van der Waals surface area contributed by atoms with Gasteiger partial charge in [-0.25, -0.2) is 0 Å². The Labute approximate surface area is 157 Å². The number of hydrogen-bond donors (Lipinski definition) is 2. The molecule has 1 amide bonds. The Morgan fingerprint density at radius 3 is 2.58 bits per heavy atom. The van der Waals surface area contributed by atoms with Crippen molar-refractivity contribution in [3.63, 3.8) is 0 Å². The molecule has 0 aliphatic heterocycles. The highest BCUT2D eigenvalue weighted by Crippen LogP contribution is 2.27. The van der Waals surface area contributed by atoms with Crippen molar-refractivity contribution < 1.29 is 4.79 Å². The fourth-order valence-electron chi connectivity index (χ4n) is 2.26. The molecule has 0 aliphatic carbocycles. The monoisotopic (exact) mass is 380 g/mol. The van der Waals surface area contributed by atoms with E-state index in [9.17, 15) is 4.79 Å². The quantitative estimate of drug-likeness (QED) is 0.674. The van der Waals surface area contributed by atoms with E-state index in [0.29, 0.717) is 10.9 Å². The first-order valence-electron chi connectivity index (χ1n) is 7.59. The molecule has 0 aromatic heterocycles.